The van der Waals surface area contributed by atoms with Crippen LogP contribution in [-0.2, 0) is 16.0 Å². The van der Waals surface area contributed by atoms with Gasteiger partial charge >= 0.3 is 0 Å². The van der Waals surface area contributed by atoms with Crippen molar-refractivity contribution in [1.82, 2.24) is 15.2 Å². The Morgan fingerprint density at radius 2 is 2.19 bits per heavy atom. The summed E-state index contributed by atoms with van der Waals surface area (Å²) in [6, 6.07) is 0.0985. The third kappa shape index (κ3) is 4.49. The maximum atomic E-state index is 12.3. The van der Waals surface area contributed by atoms with Crippen molar-refractivity contribution in [3.8, 4) is 0 Å². The molecule has 3 atom stereocenters. The summed E-state index contributed by atoms with van der Waals surface area (Å²) in [5.41, 5.74) is 1.02. The van der Waals surface area contributed by atoms with Gasteiger partial charge in [0, 0.05) is 24.5 Å². The van der Waals surface area contributed by atoms with E-state index in [9.17, 15) is 4.79 Å². The first kappa shape index (κ1) is 16.4. The first-order valence-corrected chi connectivity index (χ1v) is 8.48. The van der Waals surface area contributed by atoms with Gasteiger partial charge < -0.3 is 15.0 Å². The quantitative estimate of drug-likeness (QED) is 0.903. The Morgan fingerprint density at radius 3 is 2.76 bits per heavy atom. The lowest BCUT2D eigenvalue weighted by molar-refractivity contribution is -0.142. The van der Waals surface area contributed by atoms with E-state index in [1.807, 2.05) is 25.7 Å². The molecule has 0 saturated carbocycles. The van der Waals surface area contributed by atoms with Gasteiger partial charge in [0.25, 0.3) is 0 Å². The zero-order valence-corrected chi connectivity index (χ0v) is 14.1. The normalized spacial score (nSPS) is 24.1. The molecule has 1 N–H and O–H groups in total. The number of aromatic nitrogens is 1. The molecule has 21 heavy (non-hydrogen) atoms. The molecule has 1 amide bonds. The number of nitrogens with one attached hydrogen (secondary N) is 1. The molecular formula is C15H25N3O2S. The van der Waals surface area contributed by atoms with Crippen LogP contribution in [0.3, 0.4) is 0 Å². The number of rotatable bonds is 5. The van der Waals surface area contributed by atoms with Crippen LogP contribution < -0.4 is 5.32 Å². The molecule has 3 unspecified atom stereocenters. The van der Waals surface area contributed by atoms with Gasteiger partial charge in [0.15, 0.2) is 0 Å². The van der Waals surface area contributed by atoms with Crippen molar-refractivity contribution in [3.63, 3.8) is 0 Å². The molecule has 1 aliphatic rings. The number of amides is 1. The fourth-order valence-corrected chi connectivity index (χ4v) is 3.36. The molecule has 1 aromatic rings. The fourth-order valence-electron chi connectivity index (χ4n) is 2.52. The average Bonchev–Trinajstić information content (AvgIpc) is 2.92. The van der Waals surface area contributed by atoms with E-state index < -0.39 is 0 Å². The van der Waals surface area contributed by atoms with Gasteiger partial charge in [-0.15, -0.1) is 11.3 Å². The van der Waals surface area contributed by atoms with Crippen LogP contribution in [0.1, 0.15) is 44.4 Å². The molecule has 1 saturated heterocycles. The first-order valence-electron chi connectivity index (χ1n) is 7.60. The van der Waals surface area contributed by atoms with Crippen molar-refractivity contribution in [3.05, 3.63) is 16.1 Å². The Hall–Kier alpha value is -0.980. The lowest BCUT2D eigenvalue weighted by Gasteiger charge is -2.35. The minimum absolute atomic E-state index is 0.0985. The van der Waals surface area contributed by atoms with Crippen LogP contribution >= 0.6 is 11.3 Å². The summed E-state index contributed by atoms with van der Waals surface area (Å²) in [6.45, 7) is 9.86. The van der Waals surface area contributed by atoms with E-state index >= 15 is 0 Å². The molecule has 6 heteroatoms. The van der Waals surface area contributed by atoms with Crippen LogP contribution in [0.4, 0.5) is 0 Å². The molecule has 1 fully saturated rings. The number of carbonyl (C=O) groups excluding carboxylic acids is 1. The predicted octanol–water partition coefficient (Wildman–Crippen LogP) is 1.99. The first-order chi connectivity index (χ1) is 9.99. The molecule has 5 nitrogen and oxygen atoms in total. The van der Waals surface area contributed by atoms with Crippen LogP contribution in [0.2, 0.25) is 0 Å². The number of thiazole rings is 1. The molecule has 1 aliphatic heterocycles. The molecule has 0 aromatic carbocycles. The standard InChI is InChI=1S/C15H25N3O2S/c1-5-14-17-13(9-21-14)12(4)16-6-15(19)18-7-10(2)20-11(3)8-18/h9-12,16H,5-8H2,1-4H3. The van der Waals surface area contributed by atoms with Gasteiger partial charge in [-0.05, 0) is 27.2 Å². The molecular weight excluding hydrogens is 286 g/mol. The van der Waals surface area contributed by atoms with Gasteiger partial charge in [-0.25, -0.2) is 4.98 Å². The highest BCUT2D eigenvalue weighted by Gasteiger charge is 2.25. The average molecular weight is 311 g/mol. The van der Waals surface area contributed by atoms with Gasteiger partial charge in [-0.1, -0.05) is 6.92 Å². The molecule has 2 heterocycles. The Bertz CT molecular complexity index is 467. The Balaban J connectivity index is 1.83. The Kier molecular flexibility index (Phi) is 5.72. The number of aryl methyl sites for hydroxylation is 1. The van der Waals surface area contributed by atoms with E-state index in [4.69, 9.17) is 4.74 Å². The lowest BCUT2D eigenvalue weighted by atomic mass is 10.2. The van der Waals surface area contributed by atoms with Gasteiger partial charge in [-0.3, -0.25) is 4.79 Å². The number of ether oxygens (including phenoxy) is 1. The third-order valence-electron chi connectivity index (χ3n) is 3.65. The highest BCUT2D eigenvalue weighted by atomic mass is 32.1. The molecule has 0 bridgehead atoms. The zero-order chi connectivity index (χ0) is 15.4. The summed E-state index contributed by atoms with van der Waals surface area (Å²) < 4.78 is 5.65. The summed E-state index contributed by atoms with van der Waals surface area (Å²) in [6.07, 6.45) is 1.18. The van der Waals surface area contributed by atoms with Gasteiger partial charge in [0.2, 0.25) is 5.91 Å². The number of morpholine rings is 1. The minimum atomic E-state index is 0.0985. The van der Waals surface area contributed by atoms with E-state index in [0.29, 0.717) is 19.6 Å². The summed E-state index contributed by atoms with van der Waals surface area (Å²) in [5.74, 6) is 0.134. The van der Waals surface area contributed by atoms with Crippen molar-refractivity contribution < 1.29 is 9.53 Å². The van der Waals surface area contributed by atoms with Crippen molar-refractivity contribution >= 4 is 17.2 Å². The number of carbonyl (C=O) groups is 1. The van der Waals surface area contributed by atoms with Crippen molar-refractivity contribution in [1.29, 1.82) is 0 Å². The topological polar surface area (TPSA) is 54.5 Å². The highest BCUT2D eigenvalue weighted by Crippen LogP contribution is 2.17. The summed E-state index contributed by atoms with van der Waals surface area (Å²) >= 11 is 1.68. The molecule has 0 aliphatic carbocycles. The third-order valence-corrected chi connectivity index (χ3v) is 4.66. The number of nitrogens with zero attached hydrogens (tertiary/aromatic N) is 2. The van der Waals surface area contributed by atoms with Gasteiger partial charge in [0.1, 0.15) is 0 Å². The molecule has 2 rings (SSSR count). The van der Waals surface area contributed by atoms with Crippen molar-refractivity contribution in [2.45, 2.75) is 52.4 Å². The van der Waals surface area contributed by atoms with Crippen LogP contribution in [0.25, 0.3) is 0 Å². The van der Waals surface area contributed by atoms with Crippen molar-refractivity contribution in [2.24, 2.45) is 0 Å². The predicted molar refractivity (Wildman–Crippen MR) is 84.5 cm³/mol. The number of hydrogen-bond donors (Lipinski definition) is 1. The lowest BCUT2D eigenvalue weighted by Crippen LogP contribution is -2.50. The zero-order valence-electron chi connectivity index (χ0n) is 13.3. The maximum Gasteiger partial charge on any atom is 0.236 e. The van der Waals surface area contributed by atoms with E-state index in [1.165, 1.54) is 0 Å². The fraction of sp³-hybridized carbons (Fsp3) is 0.733. The molecule has 1 aromatic heterocycles. The monoisotopic (exact) mass is 311 g/mol. The summed E-state index contributed by atoms with van der Waals surface area (Å²) in [7, 11) is 0. The Labute approximate surface area is 130 Å². The van der Waals surface area contributed by atoms with Gasteiger partial charge in [0.05, 0.1) is 29.5 Å². The molecule has 0 radical (unpaired) electrons. The van der Waals surface area contributed by atoms with Crippen LogP contribution in [0.5, 0.6) is 0 Å². The highest BCUT2D eigenvalue weighted by molar-refractivity contribution is 7.09. The largest absolute Gasteiger partial charge is 0.372 e. The second kappa shape index (κ2) is 7.33. The maximum absolute atomic E-state index is 12.3. The number of hydrogen-bond acceptors (Lipinski definition) is 5. The van der Waals surface area contributed by atoms with Crippen LogP contribution in [-0.4, -0.2) is 47.6 Å². The van der Waals surface area contributed by atoms with E-state index in [0.717, 1.165) is 17.1 Å². The Morgan fingerprint density at radius 1 is 1.52 bits per heavy atom. The van der Waals surface area contributed by atoms with E-state index in [-0.39, 0.29) is 24.2 Å². The van der Waals surface area contributed by atoms with Crippen LogP contribution in [0, 0.1) is 0 Å². The molecule has 118 valence electrons. The SMILES string of the molecule is CCc1nc(C(C)NCC(=O)N2CC(C)OC(C)C2)cs1. The van der Waals surface area contributed by atoms with E-state index in [1.54, 1.807) is 11.3 Å². The summed E-state index contributed by atoms with van der Waals surface area (Å²) in [4.78, 5) is 18.7. The smallest absolute Gasteiger partial charge is 0.236 e. The second-order valence-corrected chi connectivity index (χ2v) is 6.62. The van der Waals surface area contributed by atoms with Gasteiger partial charge in [-0.2, -0.15) is 0 Å². The van der Waals surface area contributed by atoms with Crippen LogP contribution in [0.15, 0.2) is 5.38 Å². The minimum Gasteiger partial charge on any atom is -0.372 e. The molecule has 0 spiro atoms. The van der Waals surface area contributed by atoms with Crippen molar-refractivity contribution in [2.75, 3.05) is 19.6 Å². The second-order valence-electron chi connectivity index (χ2n) is 5.68. The van der Waals surface area contributed by atoms with E-state index in [2.05, 4.69) is 22.6 Å². The summed E-state index contributed by atoms with van der Waals surface area (Å²) in [5, 5.41) is 6.48.